The molecule has 3 saturated carbocycles. The summed E-state index contributed by atoms with van der Waals surface area (Å²) in [7, 11) is 0. The second-order valence-electron chi connectivity index (χ2n) is 14.0. The van der Waals surface area contributed by atoms with Gasteiger partial charge < -0.3 is 0 Å². The average molecular weight is 477 g/mol. The maximum absolute atomic E-state index is 4.55. The molecule has 0 amide bonds. The lowest BCUT2D eigenvalue weighted by Crippen LogP contribution is -2.68. The molecule has 2 aromatic carbocycles. The summed E-state index contributed by atoms with van der Waals surface area (Å²) >= 11 is 0. The first-order chi connectivity index (χ1) is 17.3. The Morgan fingerprint density at radius 2 is 1.81 bits per heavy atom. The quantitative estimate of drug-likeness (QED) is 0.198. The van der Waals surface area contributed by atoms with Crippen molar-refractivity contribution in [3.63, 3.8) is 0 Å². The summed E-state index contributed by atoms with van der Waals surface area (Å²) in [5.41, 5.74) is 8.68. The van der Waals surface area contributed by atoms with Crippen molar-refractivity contribution in [2.45, 2.75) is 102 Å². The van der Waals surface area contributed by atoms with Gasteiger partial charge >= 0.3 is 0 Å². The van der Waals surface area contributed by atoms with E-state index < -0.39 is 0 Å². The zero-order valence-electron chi connectivity index (χ0n) is 23.0. The molecule has 5 aliphatic rings. The van der Waals surface area contributed by atoms with E-state index >= 15 is 0 Å². The van der Waals surface area contributed by atoms with Gasteiger partial charge in [0, 0.05) is 12.0 Å². The summed E-state index contributed by atoms with van der Waals surface area (Å²) in [5.74, 6) is 4.27. The Morgan fingerprint density at radius 3 is 2.50 bits per heavy atom. The lowest BCUT2D eigenvalue weighted by Gasteiger charge is -2.67. The highest BCUT2D eigenvalue weighted by Crippen LogP contribution is 2.82. The van der Waals surface area contributed by atoms with Crippen LogP contribution in [-0.4, -0.2) is 0 Å². The highest BCUT2D eigenvalue weighted by atomic mass is 15.1. The molecule has 0 saturated heterocycles. The molecule has 3 aromatic rings. The van der Waals surface area contributed by atoms with Gasteiger partial charge in [0.15, 0.2) is 11.7 Å². The SMILES string of the molecule is C=CC1(CC)[n+]2cc3c(c4ccc5c(CC(C)C)ccc(c5c42)C1(C)CC)C1CC2CC4CC3C24C1. The van der Waals surface area contributed by atoms with Crippen LogP contribution in [0.15, 0.2) is 43.1 Å². The van der Waals surface area contributed by atoms with Crippen molar-refractivity contribution < 1.29 is 4.57 Å². The lowest BCUT2D eigenvalue weighted by atomic mass is 9.36. The number of hydrogen-bond acceptors (Lipinski definition) is 0. The van der Waals surface area contributed by atoms with Crippen LogP contribution in [0.2, 0.25) is 0 Å². The standard InChI is InChI=1S/C35H42N/c1-7-33(6)28-13-10-21(14-20(4)5)25-11-12-26-30-22-15-23-16-24-17-29(35(23,24)18-22)27(30)19-36(32(26)31(25)28)34(33,8-2)9-3/h8,10-13,19-20,22-24,29H,2,7,9,14-18H2,1,3-6H3/q+1. The summed E-state index contributed by atoms with van der Waals surface area (Å²) in [6.07, 6.45) is 14.3. The zero-order valence-corrected chi connectivity index (χ0v) is 23.0. The topological polar surface area (TPSA) is 3.88 Å². The van der Waals surface area contributed by atoms with E-state index in [4.69, 9.17) is 0 Å². The molecule has 4 aliphatic carbocycles. The van der Waals surface area contributed by atoms with E-state index in [1.54, 1.807) is 27.5 Å². The van der Waals surface area contributed by atoms with Gasteiger partial charge in [-0.15, -0.1) is 0 Å². The van der Waals surface area contributed by atoms with Crippen LogP contribution in [0.1, 0.15) is 107 Å². The van der Waals surface area contributed by atoms with Gasteiger partial charge in [-0.05, 0) is 115 Å². The van der Waals surface area contributed by atoms with E-state index in [0.717, 1.165) is 42.9 Å². The van der Waals surface area contributed by atoms with E-state index in [-0.39, 0.29) is 11.0 Å². The molecule has 2 heterocycles. The summed E-state index contributed by atoms with van der Waals surface area (Å²) in [6.45, 7) is 16.6. The van der Waals surface area contributed by atoms with Crippen molar-refractivity contribution in [1.82, 2.24) is 0 Å². The Morgan fingerprint density at radius 1 is 1.03 bits per heavy atom. The molecule has 7 atom stereocenters. The van der Waals surface area contributed by atoms with E-state index in [1.165, 1.54) is 42.1 Å². The van der Waals surface area contributed by atoms with Crippen LogP contribution in [0.3, 0.4) is 0 Å². The molecule has 1 spiro atoms. The fraction of sp³-hybridized carbons (Fsp3) is 0.571. The summed E-state index contributed by atoms with van der Waals surface area (Å²) in [6, 6.07) is 10.0. The molecule has 1 nitrogen and oxygen atoms in total. The van der Waals surface area contributed by atoms with Crippen molar-refractivity contribution in [1.29, 1.82) is 0 Å². The van der Waals surface area contributed by atoms with Crippen molar-refractivity contribution >= 4 is 21.7 Å². The molecule has 3 fully saturated rings. The van der Waals surface area contributed by atoms with E-state index in [1.807, 2.05) is 0 Å². The van der Waals surface area contributed by atoms with Crippen molar-refractivity contribution in [3.05, 3.63) is 65.4 Å². The van der Waals surface area contributed by atoms with Crippen LogP contribution in [0.5, 0.6) is 0 Å². The molecule has 2 bridgehead atoms. The van der Waals surface area contributed by atoms with Gasteiger partial charge in [-0.1, -0.05) is 52.5 Å². The molecule has 186 valence electrons. The number of allylic oxidation sites excluding steroid dienone is 1. The molecular formula is C35H42N+. The Balaban J connectivity index is 1.55. The van der Waals surface area contributed by atoms with Crippen molar-refractivity contribution in [2.24, 2.45) is 23.2 Å². The third-order valence-electron chi connectivity index (χ3n) is 12.8. The van der Waals surface area contributed by atoms with Crippen LogP contribution in [0.4, 0.5) is 0 Å². The van der Waals surface area contributed by atoms with Gasteiger partial charge in [-0.25, -0.2) is 0 Å². The van der Waals surface area contributed by atoms with E-state index in [0.29, 0.717) is 11.3 Å². The molecule has 0 N–H and O–H groups in total. The number of aromatic nitrogens is 1. The fourth-order valence-electron chi connectivity index (χ4n) is 11.0. The highest BCUT2D eigenvalue weighted by molar-refractivity contribution is 6.09. The number of rotatable bonds is 5. The predicted octanol–water partition coefficient (Wildman–Crippen LogP) is 8.45. The molecule has 1 aromatic heterocycles. The maximum atomic E-state index is 4.55. The third kappa shape index (κ3) is 2.08. The Labute approximate surface area is 217 Å². The van der Waals surface area contributed by atoms with Crippen LogP contribution >= 0.6 is 0 Å². The number of pyridine rings is 1. The molecule has 7 unspecified atom stereocenters. The minimum absolute atomic E-state index is 0.0192. The number of hydrogen-bond donors (Lipinski definition) is 0. The van der Waals surface area contributed by atoms with Gasteiger partial charge in [0.05, 0.1) is 16.2 Å². The first kappa shape index (κ1) is 21.9. The first-order valence-electron chi connectivity index (χ1n) is 15.0. The monoisotopic (exact) mass is 476 g/mol. The summed E-state index contributed by atoms with van der Waals surface area (Å²) < 4.78 is 2.79. The van der Waals surface area contributed by atoms with E-state index in [9.17, 15) is 0 Å². The largest absolute Gasteiger partial charge is 0.221 e. The van der Waals surface area contributed by atoms with E-state index in [2.05, 4.69) is 82.3 Å². The van der Waals surface area contributed by atoms with Crippen molar-refractivity contribution in [3.8, 4) is 0 Å². The highest BCUT2D eigenvalue weighted by Gasteiger charge is 2.73. The minimum atomic E-state index is -0.105. The Kier molecular flexibility index (Phi) is 4.04. The number of fused-ring (bicyclic) bond motifs is 5. The number of nitrogens with zero attached hydrogens (tertiary/aromatic N) is 1. The third-order valence-corrected chi connectivity index (χ3v) is 12.8. The lowest BCUT2D eigenvalue weighted by molar-refractivity contribution is -0.742. The van der Waals surface area contributed by atoms with Crippen LogP contribution < -0.4 is 4.57 Å². The fourth-order valence-corrected chi connectivity index (χ4v) is 11.0. The minimum Gasteiger partial charge on any atom is -0.187 e. The Hall–Kier alpha value is -2.15. The van der Waals surface area contributed by atoms with Crippen molar-refractivity contribution in [2.75, 3.05) is 0 Å². The zero-order chi connectivity index (χ0) is 24.8. The van der Waals surface area contributed by atoms with Gasteiger partial charge in [-0.3, -0.25) is 0 Å². The molecule has 1 aliphatic heterocycles. The molecule has 0 radical (unpaired) electrons. The van der Waals surface area contributed by atoms with Gasteiger partial charge in [0.1, 0.15) is 0 Å². The smallest absolute Gasteiger partial charge is 0.187 e. The average Bonchev–Trinajstić information content (AvgIpc) is 3.24. The molecular weight excluding hydrogens is 434 g/mol. The summed E-state index contributed by atoms with van der Waals surface area (Å²) in [4.78, 5) is 0. The van der Waals surface area contributed by atoms with Gasteiger partial charge in [0.2, 0.25) is 5.52 Å². The predicted molar refractivity (Wildman–Crippen MR) is 150 cm³/mol. The van der Waals surface area contributed by atoms with Gasteiger partial charge in [-0.2, -0.15) is 4.57 Å². The molecule has 1 heteroatoms. The Bertz CT molecular complexity index is 1490. The van der Waals surface area contributed by atoms with Crippen LogP contribution in [-0.2, 0) is 17.4 Å². The maximum Gasteiger partial charge on any atom is 0.221 e. The normalized spacial score (nSPS) is 38.7. The first-order valence-corrected chi connectivity index (χ1v) is 15.0. The number of benzene rings is 2. The van der Waals surface area contributed by atoms with Crippen LogP contribution in [0.25, 0.3) is 21.7 Å². The second-order valence-corrected chi connectivity index (χ2v) is 14.0. The summed E-state index contributed by atoms with van der Waals surface area (Å²) in [5, 5.41) is 4.63. The second kappa shape index (κ2) is 6.64. The molecule has 8 rings (SSSR count). The molecule has 36 heavy (non-hydrogen) atoms. The van der Waals surface area contributed by atoms with Crippen LogP contribution in [0, 0.1) is 23.2 Å². The van der Waals surface area contributed by atoms with Gasteiger partial charge in [0.25, 0.3) is 0 Å².